The molecule has 0 amide bonds. The standard InChI is InChI=1S/C15H26O3/c1-3-4-11-13(15(17)18-2)14(16)12-9-7-5-6-8-10-12/h12-13H,3-11H2,1-2H3. The van der Waals surface area contributed by atoms with E-state index in [1.54, 1.807) is 0 Å². The summed E-state index contributed by atoms with van der Waals surface area (Å²) in [6.07, 6.45) is 9.18. The quantitative estimate of drug-likeness (QED) is 0.414. The molecule has 1 saturated carbocycles. The van der Waals surface area contributed by atoms with Gasteiger partial charge in [-0.2, -0.15) is 0 Å². The molecule has 3 heteroatoms. The van der Waals surface area contributed by atoms with Crippen molar-refractivity contribution in [3.8, 4) is 0 Å². The second-order valence-electron chi connectivity index (χ2n) is 5.31. The van der Waals surface area contributed by atoms with E-state index in [0.29, 0.717) is 6.42 Å². The second kappa shape index (κ2) is 8.28. The van der Waals surface area contributed by atoms with Crippen LogP contribution in [0.25, 0.3) is 0 Å². The van der Waals surface area contributed by atoms with Crippen molar-refractivity contribution >= 4 is 11.8 Å². The van der Waals surface area contributed by atoms with Crippen LogP contribution in [-0.2, 0) is 14.3 Å². The fourth-order valence-electron chi connectivity index (χ4n) is 2.78. The Hall–Kier alpha value is -0.860. The highest BCUT2D eigenvalue weighted by molar-refractivity contribution is 6.00. The number of hydrogen-bond acceptors (Lipinski definition) is 3. The molecule has 0 N–H and O–H groups in total. The molecule has 0 aromatic heterocycles. The maximum atomic E-state index is 12.5. The third kappa shape index (κ3) is 4.43. The Morgan fingerprint density at radius 2 is 1.78 bits per heavy atom. The van der Waals surface area contributed by atoms with E-state index in [-0.39, 0.29) is 17.7 Å². The van der Waals surface area contributed by atoms with Crippen molar-refractivity contribution in [2.75, 3.05) is 7.11 Å². The zero-order valence-corrected chi connectivity index (χ0v) is 11.7. The third-order valence-corrected chi connectivity index (χ3v) is 3.93. The summed E-state index contributed by atoms with van der Waals surface area (Å²) < 4.78 is 4.79. The number of carbonyl (C=O) groups excluding carboxylic acids is 2. The van der Waals surface area contributed by atoms with Gasteiger partial charge in [0.05, 0.1) is 7.11 Å². The Labute approximate surface area is 110 Å². The van der Waals surface area contributed by atoms with Crippen molar-refractivity contribution in [1.29, 1.82) is 0 Å². The SMILES string of the molecule is CCCCC(C(=O)OC)C(=O)C1CCCCCC1. The largest absolute Gasteiger partial charge is 0.468 e. The van der Waals surface area contributed by atoms with Crippen molar-refractivity contribution < 1.29 is 14.3 Å². The smallest absolute Gasteiger partial charge is 0.316 e. The highest BCUT2D eigenvalue weighted by atomic mass is 16.5. The Kier molecular flexibility index (Phi) is 6.99. The van der Waals surface area contributed by atoms with Crippen LogP contribution < -0.4 is 0 Å². The van der Waals surface area contributed by atoms with Gasteiger partial charge in [-0.15, -0.1) is 0 Å². The Morgan fingerprint density at radius 3 is 2.28 bits per heavy atom. The van der Waals surface area contributed by atoms with Crippen LogP contribution in [0.3, 0.4) is 0 Å². The fourth-order valence-corrected chi connectivity index (χ4v) is 2.78. The minimum Gasteiger partial charge on any atom is -0.468 e. The lowest BCUT2D eigenvalue weighted by molar-refractivity contribution is -0.151. The maximum Gasteiger partial charge on any atom is 0.316 e. The number of esters is 1. The zero-order chi connectivity index (χ0) is 13.4. The molecule has 0 radical (unpaired) electrons. The third-order valence-electron chi connectivity index (χ3n) is 3.93. The monoisotopic (exact) mass is 254 g/mol. The molecule has 0 aromatic carbocycles. The van der Waals surface area contributed by atoms with Gasteiger partial charge in [-0.05, 0) is 19.3 Å². The zero-order valence-electron chi connectivity index (χ0n) is 11.7. The molecule has 1 atom stereocenters. The molecular weight excluding hydrogens is 228 g/mol. The van der Waals surface area contributed by atoms with Crippen molar-refractivity contribution in [3.05, 3.63) is 0 Å². The molecular formula is C15H26O3. The van der Waals surface area contributed by atoms with Gasteiger partial charge in [0.25, 0.3) is 0 Å². The van der Waals surface area contributed by atoms with Crippen LogP contribution in [0.15, 0.2) is 0 Å². The molecule has 3 nitrogen and oxygen atoms in total. The van der Waals surface area contributed by atoms with Gasteiger partial charge in [-0.1, -0.05) is 45.4 Å². The molecule has 0 bridgehead atoms. The van der Waals surface area contributed by atoms with Crippen LogP contribution in [0.1, 0.15) is 64.7 Å². The predicted molar refractivity (Wildman–Crippen MR) is 71.2 cm³/mol. The van der Waals surface area contributed by atoms with Gasteiger partial charge >= 0.3 is 5.97 Å². The van der Waals surface area contributed by atoms with Crippen molar-refractivity contribution in [2.45, 2.75) is 64.7 Å². The van der Waals surface area contributed by atoms with E-state index in [9.17, 15) is 9.59 Å². The molecule has 0 saturated heterocycles. The summed E-state index contributed by atoms with van der Waals surface area (Å²) in [7, 11) is 1.38. The van der Waals surface area contributed by atoms with Gasteiger partial charge in [-0.3, -0.25) is 9.59 Å². The van der Waals surface area contributed by atoms with Gasteiger partial charge in [0.15, 0.2) is 0 Å². The molecule has 104 valence electrons. The van der Waals surface area contributed by atoms with Gasteiger partial charge in [0.1, 0.15) is 11.7 Å². The lowest BCUT2D eigenvalue weighted by Crippen LogP contribution is -2.30. The summed E-state index contributed by atoms with van der Waals surface area (Å²) in [4.78, 5) is 24.2. The number of ketones is 1. The molecule has 0 aliphatic heterocycles. The molecule has 1 unspecified atom stereocenters. The maximum absolute atomic E-state index is 12.5. The van der Waals surface area contributed by atoms with Crippen LogP contribution >= 0.6 is 0 Å². The first-order valence-corrected chi connectivity index (χ1v) is 7.32. The number of ether oxygens (including phenoxy) is 1. The predicted octanol–water partition coefficient (Wildman–Crippen LogP) is 3.51. The summed E-state index contributed by atoms with van der Waals surface area (Å²) in [6.45, 7) is 2.07. The van der Waals surface area contributed by atoms with Gasteiger partial charge in [0.2, 0.25) is 0 Å². The first kappa shape index (κ1) is 15.2. The van der Waals surface area contributed by atoms with E-state index >= 15 is 0 Å². The molecule has 0 spiro atoms. The first-order valence-electron chi connectivity index (χ1n) is 7.32. The summed E-state index contributed by atoms with van der Waals surface area (Å²) >= 11 is 0. The van der Waals surface area contributed by atoms with Gasteiger partial charge in [0, 0.05) is 5.92 Å². The number of hydrogen-bond donors (Lipinski definition) is 0. The van der Waals surface area contributed by atoms with Crippen molar-refractivity contribution in [1.82, 2.24) is 0 Å². The average Bonchev–Trinajstić information content (AvgIpc) is 2.67. The molecule has 0 aromatic rings. The topological polar surface area (TPSA) is 43.4 Å². The first-order chi connectivity index (χ1) is 8.70. The molecule has 1 aliphatic carbocycles. The summed E-state index contributed by atoms with van der Waals surface area (Å²) in [5, 5.41) is 0. The van der Waals surface area contributed by atoms with Gasteiger partial charge in [-0.25, -0.2) is 0 Å². The summed E-state index contributed by atoms with van der Waals surface area (Å²) in [5.41, 5.74) is 0. The molecule has 1 rings (SSSR count). The van der Waals surface area contributed by atoms with E-state index in [0.717, 1.165) is 38.5 Å². The second-order valence-corrected chi connectivity index (χ2v) is 5.31. The summed E-state index contributed by atoms with van der Waals surface area (Å²) in [5.74, 6) is -0.624. The minimum atomic E-state index is -0.516. The van der Waals surface area contributed by atoms with Crippen LogP contribution in [0.4, 0.5) is 0 Å². The highest BCUT2D eigenvalue weighted by Crippen LogP contribution is 2.27. The normalized spacial score (nSPS) is 19.0. The molecule has 0 heterocycles. The van der Waals surface area contributed by atoms with E-state index in [4.69, 9.17) is 4.74 Å². The van der Waals surface area contributed by atoms with Crippen LogP contribution in [0.2, 0.25) is 0 Å². The Balaban J connectivity index is 2.63. The summed E-state index contributed by atoms with van der Waals surface area (Å²) in [6, 6.07) is 0. The lowest BCUT2D eigenvalue weighted by Gasteiger charge is -2.19. The average molecular weight is 254 g/mol. The van der Waals surface area contributed by atoms with Gasteiger partial charge < -0.3 is 4.74 Å². The Bertz CT molecular complexity index is 265. The van der Waals surface area contributed by atoms with Crippen LogP contribution in [-0.4, -0.2) is 18.9 Å². The highest BCUT2D eigenvalue weighted by Gasteiger charge is 2.32. The minimum absolute atomic E-state index is 0.0912. The molecule has 18 heavy (non-hydrogen) atoms. The number of carbonyl (C=O) groups is 2. The van der Waals surface area contributed by atoms with E-state index in [1.165, 1.54) is 20.0 Å². The fraction of sp³-hybridized carbons (Fsp3) is 0.867. The van der Waals surface area contributed by atoms with Crippen LogP contribution in [0.5, 0.6) is 0 Å². The molecule has 1 aliphatic rings. The van der Waals surface area contributed by atoms with E-state index in [1.807, 2.05) is 0 Å². The Morgan fingerprint density at radius 1 is 1.17 bits per heavy atom. The van der Waals surface area contributed by atoms with Crippen LogP contribution in [0, 0.1) is 11.8 Å². The number of unbranched alkanes of at least 4 members (excludes halogenated alkanes) is 1. The van der Waals surface area contributed by atoms with Crippen molar-refractivity contribution in [2.24, 2.45) is 11.8 Å². The number of rotatable bonds is 6. The van der Waals surface area contributed by atoms with E-state index < -0.39 is 5.92 Å². The number of Topliss-reactive ketones (excluding diaryl/α,β-unsaturated/α-hetero) is 1. The number of methoxy groups -OCH3 is 1. The lowest BCUT2D eigenvalue weighted by atomic mass is 9.85. The van der Waals surface area contributed by atoms with Crippen molar-refractivity contribution in [3.63, 3.8) is 0 Å². The molecule has 1 fully saturated rings. The van der Waals surface area contributed by atoms with E-state index in [2.05, 4.69) is 6.92 Å².